The topological polar surface area (TPSA) is 20.7 Å². The van der Waals surface area contributed by atoms with E-state index >= 15 is 0 Å². The summed E-state index contributed by atoms with van der Waals surface area (Å²) in [6.07, 6.45) is -2.48. The van der Waals surface area contributed by atoms with E-state index in [0.717, 1.165) is 0 Å². The normalized spacial score (nSPS) is 11.5. The number of aromatic amines is 1. The Kier molecular flexibility index (Phi) is 3.19. The first-order valence-corrected chi connectivity index (χ1v) is 4.49. The van der Waals surface area contributed by atoms with Gasteiger partial charge in [-0.2, -0.15) is 0 Å². The van der Waals surface area contributed by atoms with E-state index < -0.39 is 6.43 Å². The minimum Gasteiger partial charge on any atom is -0.296 e. The summed E-state index contributed by atoms with van der Waals surface area (Å²) in [5, 5.41) is 2.57. The lowest BCUT2D eigenvalue weighted by Gasteiger charge is -2.05. The molecule has 0 bridgehead atoms. The summed E-state index contributed by atoms with van der Waals surface area (Å²) >= 11 is 4.91. The molecule has 0 amide bonds. The molecule has 2 nitrogen and oxygen atoms in total. The lowest BCUT2D eigenvalue weighted by Crippen LogP contribution is -2.06. The zero-order valence-electron chi connectivity index (χ0n) is 7.55. The SMILES string of the molecule is CC(C)Cn1[nH]c(C(F)F)cc1=S. The zero-order valence-corrected chi connectivity index (χ0v) is 8.37. The lowest BCUT2D eigenvalue weighted by atomic mass is 10.2. The molecule has 1 rings (SSSR count). The predicted octanol–water partition coefficient (Wildman–Crippen LogP) is 3.14. The van der Waals surface area contributed by atoms with Crippen LogP contribution < -0.4 is 0 Å². The van der Waals surface area contributed by atoms with Crippen molar-refractivity contribution in [2.75, 3.05) is 0 Å². The average molecular weight is 206 g/mol. The fraction of sp³-hybridized carbons (Fsp3) is 0.625. The molecule has 0 aliphatic carbocycles. The Labute approximate surface area is 80.6 Å². The van der Waals surface area contributed by atoms with Gasteiger partial charge in [0, 0.05) is 12.6 Å². The third-order valence-corrected chi connectivity index (χ3v) is 1.93. The van der Waals surface area contributed by atoms with Crippen molar-refractivity contribution in [2.45, 2.75) is 26.8 Å². The summed E-state index contributed by atoms with van der Waals surface area (Å²) in [6.45, 7) is 4.65. The van der Waals surface area contributed by atoms with Crippen LogP contribution in [0.3, 0.4) is 0 Å². The third kappa shape index (κ3) is 2.62. The van der Waals surface area contributed by atoms with E-state index in [0.29, 0.717) is 17.1 Å². The first kappa shape index (κ1) is 10.4. The lowest BCUT2D eigenvalue weighted by molar-refractivity contribution is 0.144. The minimum absolute atomic E-state index is 0.106. The summed E-state index contributed by atoms with van der Waals surface area (Å²) in [5.74, 6) is 0.385. The number of rotatable bonds is 3. The quantitative estimate of drug-likeness (QED) is 0.753. The summed E-state index contributed by atoms with van der Waals surface area (Å²) in [6, 6.07) is 1.31. The van der Waals surface area contributed by atoms with Gasteiger partial charge >= 0.3 is 0 Å². The van der Waals surface area contributed by atoms with Gasteiger partial charge in [-0.15, -0.1) is 0 Å². The monoisotopic (exact) mass is 206 g/mol. The largest absolute Gasteiger partial charge is 0.296 e. The van der Waals surface area contributed by atoms with Crippen LogP contribution in [0.1, 0.15) is 26.0 Å². The van der Waals surface area contributed by atoms with Crippen molar-refractivity contribution < 1.29 is 8.78 Å². The Hall–Kier alpha value is -0.710. The Morgan fingerprint density at radius 3 is 2.54 bits per heavy atom. The van der Waals surface area contributed by atoms with Gasteiger partial charge in [0.1, 0.15) is 10.3 Å². The van der Waals surface area contributed by atoms with E-state index in [1.807, 2.05) is 13.8 Å². The van der Waals surface area contributed by atoms with Crippen molar-refractivity contribution in [1.82, 2.24) is 9.78 Å². The smallest absolute Gasteiger partial charge is 0.279 e. The Balaban J connectivity index is 2.90. The number of nitrogens with one attached hydrogen (secondary N) is 1. The molecule has 13 heavy (non-hydrogen) atoms. The summed E-state index contributed by atoms with van der Waals surface area (Å²) < 4.78 is 26.4. The summed E-state index contributed by atoms with van der Waals surface area (Å²) in [5.41, 5.74) is -0.106. The first-order valence-electron chi connectivity index (χ1n) is 4.08. The molecule has 0 atom stereocenters. The molecule has 1 heterocycles. The number of aromatic nitrogens is 2. The molecule has 0 spiro atoms. The van der Waals surface area contributed by atoms with Crippen LogP contribution in [0.25, 0.3) is 0 Å². The van der Waals surface area contributed by atoms with Crippen LogP contribution in [-0.2, 0) is 6.54 Å². The average Bonchev–Trinajstić information content (AvgIpc) is 2.31. The maximum absolute atomic E-state index is 12.2. The van der Waals surface area contributed by atoms with Crippen molar-refractivity contribution in [3.63, 3.8) is 0 Å². The summed E-state index contributed by atoms with van der Waals surface area (Å²) in [4.78, 5) is 0. The molecule has 0 saturated carbocycles. The second-order valence-corrected chi connectivity index (χ2v) is 3.77. The number of hydrogen-bond donors (Lipinski definition) is 1. The minimum atomic E-state index is -2.48. The van der Waals surface area contributed by atoms with Gasteiger partial charge in [0.25, 0.3) is 6.43 Å². The fourth-order valence-electron chi connectivity index (χ4n) is 1.07. The number of alkyl halides is 2. The maximum Gasteiger partial charge on any atom is 0.279 e. The number of nitrogens with zero attached hydrogens (tertiary/aromatic N) is 1. The van der Waals surface area contributed by atoms with E-state index in [4.69, 9.17) is 12.2 Å². The van der Waals surface area contributed by atoms with E-state index in [9.17, 15) is 8.78 Å². The van der Waals surface area contributed by atoms with Gasteiger partial charge in [-0.1, -0.05) is 26.1 Å². The Morgan fingerprint density at radius 1 is 1.54 bits per heavy atom. The molecule has 1 N–H and O–H groups in total. The van der Waals surface area contributed by atoms with Crippen LogP contribution in [-0.4, -0.2) is 9.78 Å². The standard InChI is InChI=1S/C8H12F2N2S/c1-5(2)4-12-7(13)3-6(11-12)8(9)10/h3,5,8,11H,4H2,1-2H3. The van der Waals surface area contributed by atoms with Crippen LogP contribution in [0.15, 0.2) is 6.07 Å². The second-order valence-electron chi connectivity index (χ2n) is 3.35. The van der Waals surface area contributed by atoms with Crippen LogP contribution in [0.5, 0.6) is 0 Å². The molecule has 0 aliphatic rings. The first-order chi connectivity index (χ1) is 6.00. The molecular formula is C8H12F2N2S. The molecular weight excluding hydrogens is 194 g/mol. The van der Waals surface area contributed by atoms with Crippen molar-refractivity contribution in [3.8, 4) is 0 Å². The highest BCUT2D eigenvalue weighted by Gasteiger charge is 2.10. The second kappa shape index (κ2) is 4.00. The third-order valence-electron chi connectivity index (χ3n) is 1.59. The molecule has 0 fully saturated rings. The number of H-pyrrole nitrogens is 1. The number of halogens is 2. The van der Waals surface area contributed by atoms with E-state index in [1.54, 1.807) is 4.68 Å². The maximum atomic E-state index is 12.2. The van der Waals surface area contributed by atoms with E-state index in [-0.39, 0.29) is 5.69 Å². The van der Waals surface area contributed by atoms with Gasteiger partial charge in [-0.25, -0.2) is 8.78 Å². The van der Waals surface area contributed by atoms with Gasteiger partial charge in [-0.3, -0.25) is 9.78 Å². The molecule has 0 radical (unpaired) electrons. The summed E-state index contributed by atoms with van der Waals surface area (Å²) in [7, 11) is 0. The van der Waals surface area contributed by atoms with Crippen molar-refractivity contribution in [3.05, 3.63) is 16.4 Å². The van der Waals surface area contributed by atoms with Crippen LogP contribution >= 0.6 is 12.2 Å². The molecule has 74 valence electrons. The molecule has 1 aromatic heterocycles. The van der Waals surface area contributed by atoms with E-state index in [1.165, 1.54) is 6.07 Å². The van der Waals surface area contributed by atoms with Gasteiger partial charge in [0.2, 0.25) is 0 Å². The number of hydrogen-bond acceptors (Lipinski definition) is 1. The van der Waals surface area contributed by atoms with Crippen molar-refractivity contribution in [1.29, 1.82) is 0 Å². The molecule has 5 heteroatoms. The Bertz CT molecular complexity index is 327. The molecule has 0 saturated heterocycles. The fourth-order valence-corrected chi connectivity index (χ4v) is 1.31. The molecule has 0 aromatic carbocycles. The predicted molar refractivity (Wildman–Crippen MR) is 49.4 cm³/mol. The van der Waals surface area contributed by atoms with Crippen LogP contribution in [0.4, 0.5) is 8.78 Å². The van der Waals surface area contributed by atoms with Gasteiger partial charge in [-0.05, 0) is 5.92 Å². The van der Waals surface area contributed by atoms with Gasteiger partial charge in [0.15, 0.2) is 0 Å². The van der Waals surface area contributed by atoms with Crippen LogP contribution in [0.2, 0.25) is 0 Å². The highest BCUT2D eigenvalue weighted by molar-refractivity contribution is 7.71. The molecule has 0 unspecified atom stereocenters. The highest BCUT2D eigenvalue weighted by atomic mass is 32.1. The molecule has 1 aromatic rings. The van der Waals surface area contributed by atoms with Gasteiger partial charge < -0.3 is 0 Å². The van der Waals surface area contributed by atoms with Crippen molar-refractivity contribution in [2.24, 2.45) is 5.92 Å². The Morgan fingerprint density at radius 2 is 2.15 bits per heavy atom. The van der Waals surface area contributed by atoms with E-state index in [2.05, 4.69) is 5.10 Å². The zero-order chi connectivity index (χ0) is 10.0. The van der Waals surface area contributed by atoms with Crippen molar-refractivity contribution >= 4 is 12.2 Å². The van der Waals surface area contributed by atoms with Gasteiger partial charge in [0.05, 0.1) is 0 Å². The van der Waals surface area contributed by atoms with Crippen LogP contribution in [0, 0.1) is 10.6 Å². The highest BCUT2D eigenvalue weighted by Crippen LogP contribution is 2.16. The molecule has 0 aliphatic heterocycles.